The summed E-state index contributed by atoms with van der Waals surface area (Å²) in [5.74, 6) is -0.792. The zero-order valence-corrected chi connectivity index (χ0v) is 13.4. The molecule has 2 aliphatic heterocycles. The van der Waals surface area contributed by atoms with Crippen molar-refractivity contribution in [2.45, 2.75) is 25.9 Å². The van der Waals surface area contributed by atoms with Gasteiger partial charge in [0.2, 0.25) is 0 Å². The van der Waals surface area contributed by atoms with Crippen LogP contribution in [0.1, 0.15) is 30.1 Å². The minimum atomic E-state index is -0.390. The van der Waals surface area contributed by atoms with Crippen LogP contribution in [-0.4, -0.2) is 49.2 Å². The molecule has 23 heavy (non-hydrogen) atoms. The highest BCUT2D eigenvalue weighted by molar-refractivity contribution is 5.89. The van der Waals surface area contributed by atoms with Crippen molar-refractivity contribution in [3.63, 3.8) is 0 Å². The average molecular weight is 317 g/mol. The fourth-order valence-corrected chi connectivity index (χ4v) is 3.64. The molecule has 0 radical (unpaired) electrons. The molecule has 2 heterocycles. The molecule has 0 aliphatic carbocycles. The van der Waals surface area contributed by atoms with Gasteiger partial charge in [-0.05, 0) is 38.4 Å². The van der Waals surface area contributed by atoms with Crippen molar-refractivity contribution >= 4 is 11.9 Å². The van der Waals surface area contributed by atoms with Crippen molar-refractivity contribution in [2.24, 2.45) is 11.8 Å². The van der Waals surface area contributed by atoms with E-state index in [1.54, 1.807) is 19.1 Å². The summed E-state index contributed by atoms with van der Waals surface area (Å²) in [6.45, 7) is 4.66. The van der Waals surface area contributed by atoms with Gasteiger partial charge in [-0.15, -0.1) is 0 Å². The summed E-state index contributed by atoms with van der Waals surface area (Å²) >= 11 is 0. The van der Waals surface area contributed by atoms with Crippen molar-refractivity contribution in [2.75, 3.05) is 26.2 Å². The molecule has 2 fully saturated rings. The number of piperidine rings is 2. The Hall–Kier alpha value is -1.88. The predicted molar refractivity (Wildman–Crippen MR) is 84.9 cm³/mol. The van der Waals surface area contributed by atoms with Crippen LogP contribution in [0.25, 0.3) is 0 Å². The summed E-state index contributed by atoms with van der Waals surface area (Å²) in [5.41, 5.74) is 0.522. The minimum absolute atomic E-state index is 0.208. The lowest BCUT2D eigenvalue weighted by atomic mass is 9.80. The van der Waals surface area contributed by atoms with E-state index in [1.807, 2.05) is 18.2 Å². The SMILES string of the molecule is CCOC(=O)C1CN2CCCC(C2)C1OC(=O)c1ccccc1. The third kappa shape index (κ3) is 3.55. The van der Waals surface area contributed by atoms with Crippen molar-refractivity contribution in [3.05, 3.63) is 35.9 Å². The van der Waals surface area contributed by atoms with Gasteiger partial charge in [-0.2, -0.15) is 0 Å². The molecule has 124 valence electrons. The number of ether oxygens (including phenoxy) is 2. The molecule has 0 amide bonds. The van der Waals surface area contributed by atoms with Gasteiger partial charge in [-0.3, -0.25) is 4.79 Å². The number of nitrogens with zero attached hydrogens (tertiary/aromatic N) is 1. The van der Waals surface area contributed by atoms with Crippen LogP contribution in [0.5, 0.6) is 0 Å². The maximum Gasteiger partial charge on any atom is 0.338 e. The number of carbonyl (C=O) groups is 2. The summed E-state index contributed by atoms with van der Waals surface area (Å²) in [5, 5.41) is 0. The van der Waals surface area contributed by atoms with Gasteiger partial charge in [-0.1, -0.05) is 18.2 Å². The number of rotatable bonds is 4. The van der Waals surface area contributed by atoms with E-state index in [0.717, 1.165) is 25.9 Å². The Morgan fingerprint density at radius 1 is 1.22 bits per heavy atom. The van der Waals surface area contributed by atoms with Crippen LogP contribution < -0.4 is 0 Å². The molecule has 5 heteroatoms. The van der Waals surface area contributed by atoms with Gasteiger partial charge in [-0.25, -0.2) is 4.79 Å². The number of carbonyl (C=O) groups excluding carboxylic acids is 2. The Morgan fingerprint density at radius 2 is 2.00 bits per heavy atom. The summed E-state index contributed by atoms with van der Waals surface area (Å²) in [4.78, 5) is 27.0. The van der Waals surface area contributed by atoms with Crippen molar-refractivity contribution in [3.8, 4) is 0 Å². The first-order valence-corrected chi connectivity index (χ1v) is 8.34. The summed E-state index contributed by atoms with van der Waals surface area (Å²) in [6, 6.07) is 8.94. The van der Waals surface area contributed by atoms with Crippen LogP contribution in [0, 0.1) is 11.8 Å². The standard InChI is InChI=1S/C18H23NO4/c1-2-22-18(21)15-12-19-10-6-9-14(11-19)16(15)23-17(20)13-7-4-3-5-8-13/h3-5,7-8,14-16H,2,6,9-12H2,1H3. The summed E-state index contributed by atoms with van der Waals surface area (Å²) in [7, 11) is 0. The van der Waals surface area contributed by atoms with Crippen molar-refractivity contribution < 1.29 is 19.1 Å². The highest BCUT2D eigenvalue weighted by Gasteiger charge is 2.45. The van der Waals surface area contributed by atoms with E-state index in [9.17, 15) is 9.59 Å². The van der Waals surface area contributed by atoms with Gasteiger partial charge < -0.3 is 14.4 Å². The third-order valence-electron chi connectivity index (χ3n) is 4.70. The van der Waals surface area contributed by atoms with Gasteiger partial charge in [0.15, 0.2) is 0 Å². The van der Waals surface area contributed by atoms with Gasteiger partial charge >= 0.3 is 11.9 Å². The lowest BCUT2D eigenvalue weighted by Crippen LogP contribution is -2.56. The molecule has 5 nitrogen and oxygen atoms in total. The Morgan fingerprint density at radius 3 is 2.74 bits per heavy atom. The van der Waals surface area contributed by atoms with E-state index < -0.39 is 6.10 Å². The van der Waals surface area contributed by atoms with Crippen LogP contribution in [0.2, 0.25) is 0 Å². The van der Waals surface area contributed by atoms with Crippen molar-refractivity contribution in [1.82, 2.24) is 4.90 Å². The summed E-state index contributed by atoms with van der Waals surface area (Å²) < 4.78 is 11.0. The second kappa shape index (κ2) is 7.13. The second-order valence-corrected chi connectivity index (χ2v) is 6.26. The molecule has 1 aromatic rings. The lowest BCUT2D eigenvalue weighted by Gasteiger charge is -2.45. The minimum Gasteiger partial charge on any atom is -0.466 e. The largest absolute Gasteiger partial charge is 0.466 e. The molecule has 0 saturated carbocycles. The zero-order valence-electron chi connectivity index (χ0n) is 13.4. The molecule has 1 aromatic carbocycles. The number of benzene rings is 1. The van der Waals surface area contributed by atoms with Crippen molar-refractivity contribution in [1.29, 1.82) is 0 Å². The number of hydrogen-bond acceptors (Lipinski definition) is 5. The topological polar surface area (TPSA) is 55.8 Å². The molecular formula is C18H23NO4. The number of fused-ring (bicyclic) bond motifs is 2. The maximum atomic E-state index is 12.4. The monoisotopic (exact) mass is 317 g/mol. The second-order valence-electron chi connectivity index (χ2n) is 6.26. The first kappa shape index (κ1) is 16.0. The molecule has 2 aliphatic rings. The van der Waals surface area contributed by atoms with Gasteiger partial charge in [0, 0.05) is 19.0 Å². The summed E-state index contributed by atoms with van der Waals surface area (Å²) in [6.07, 6.45) is 1.68. The van der Waals surface area contributed by atoms with Crippen LogP contribution in [0.15, 0.2) is 30.3 Å². The predicted octanol–water partition coefficient (Wildman–Crippen LogP) is 2.12. The highest BCUT2D eigenvalue weighted by Crippen LogP contribution is 2.33. The maximum absolute atomic E-state index is 12.4. The Kier molecular flexibility index (Phi) is 4.96. The van der Waals surface area contributed by atoms with E-state index in [4.69, 9.17) is 9.47 Å². The van der Waals surface area contributed by atoms with E-state index in [1.165, 1.54) is 0 Å². The first-order chi connectivity index (χ1) is 11.2. The van der Waals surface area contributed by atoms with Crippen LogP contribution in [0.4, 0.5) is 0 Å². The quantitative estimate of drug-likeness (QED) is 0.796. The Labute approximate surface area is 136 Å². The van der Waals surface area contributed by atoms with Gasteiger partial charge in [0.1, 0.15) is 12.0 Å². The van der Waals surface area contributed by atoms with E-state index in [0.29, 0.717) is 18.7 Å². The fraction of sp³-hybridized carbons (Fsp3) is 0.556. The molecule has 0 aromatic heterocycles. The Balaban J connectivity index is 1.77. The highest BCUT2D eigenvalue weighted by atomic mass is 16.6. The molecular weight excluding hydrogens is 294 g/mol. The normalized spacial score (nSPS) is 29.6. The molecule has 0 N–H and O–H groups in total. The molecule has 3 rings (SSSR count). The third-order valence-corrected chi connectivity index (χ3v) is 4.70. The van der Waals surface area contributed by atoms with Gasteiger partial charge in [0.05, 0.1) is 12.2 Å². The molecule has 4 atom stereocenters. The van der Waals surface area contributed by atoms with E-state index in [2.05, 4.69) is 4.90 Å². The first-order valence-electron chi connectivity index (χ1n) is 8.34. The molecule has 0 spiro atoms. The fourth-order valence-electron chi connectivity index (χ4n) is 3.64. The van der Waals surface area contributed by atoms with E-state index in [-0.39, 0.29) is 23.8 Å². The number of hydrogen-bond donors (Lipinski definition) is 0. The van der Waals surface area contributed by atoms with Crippen LogP contribution >= 0.6 is 0 Å². The number of esters is 2. The van der Waals surface area contributed by atoms with Gasteiger partial charge in [0.25, 0.3) is 0 Å². The smallest absolute Gasteiger partial charge is 0.338 e. The lowest BCUT2D eigenvalue weighted by molar-refractivity contribution is -0.160. The molecule has 4 unspecified atom stereocenters. The molecule has 2 bridgehead atoms. The van der Waals surface area contributed by atoms with E-state index >= 15 is 0 Å². The Bertz CT molecular complexity index is 559. The average Bonchev–Trinajstić information content (AvgIpc) is 2.58. The zero-order chi connectivity index (χ0) is 16.2. The molecule has 2 saturated heterocycles. The van der Waals surface area contributed by atoms with Crippen LogP contribution in [-0.2, 0) is 14.3 Å². The van der Waals surface area contributed by atoms with Crippen LogP contribution in [0.3, 0.4) is 0 Å².